The number of hydrogen-bond donors (Lipinski definition) is 1. The zero-order valence-electron chi connectivity index (χ0n) is 16.1. The van der Waals surface area contributed by atoms with Crippen molar-refractivity contribution < 1.29 is 9.90 Å². The molecule has 0 fully saturated rings. The van der Waals surface area contributed by atoms with Gasteiger partial charge in [-0.1, -0.05) is 59.1 Å². The van der Waals surface area contributed by atoms with Gasteiger partial charge in [-0.05, 0) is 30.7 Å². The van der Waals surface area contributed by atoms with Gasteiger partial charge in [-0.2, -0.15) is 0 Å². The Labute approximate surface area is 193 Å². The summed E-state index contributed by atoms with van der Waals surface area (Å²) in [6.07, 6.45) is 5.63. The maximum atomic E-state index is 11.3. The number of carbonyl (C=O) groups is 1. The minimum atomic E-state index is -0.910. The second-order valence-corrected chi connectivity index (χ2v) is 8.52. The highest BCUT2D eigenvalue weighted by atomic mass is 35.5. The fraction of sp³-hybridized carbons (Fsp3) is 0.182. The first-order chi connectivity index (χ1) is 15.0. The topological polar surface area (TPSA) is 80.4 Å². The van der Waals surface area contributed by atoms with E-state index in [1.54, 1.807) is 12.1 Å². The van der Waals surface area contributed by atoms with Crippen LogP contribution >= 0.6 is 35.0 Å². The molecule has 2 heterocycles. The van der Waals surface area contributed by atoms with Crippen molar-refractivity contribution in [1.29, 1.82) is 0 Å². The molecule has 0 unspecified atom stereocenters. The molecule has 31 heavy (non-hydrogen) atoms. The summed E-state index contributed by atoms with van der Waals surface area (Å²) in [4.78, 5) is 16.2. The van der Waals surface area contributed by atoms with Crippen LogP contribution in [-0.4, -0.2) is 37.3 Å². The Morgan fingerprint density at radius 1 is 1.19 bits per heavy atom. The molecular formula is C22H16Cl2N4O2S. The van der Waals surface area contributed by atoms with Crippen LogP contribution in [-0.2, 0) is 4.79 Å². The Balaban J connectivity index is 1.98. The second kappa shape index (κ2) is 9.15. The number of aliphatic carboxylic acids is 1. The van der Waals surface area contributed by atoms with Gasteiger partial charge in [0.05, 0.1) is 17.2 Å². The first kappa shape index (κ1) is 21.4. The van der Waals surface area contributed by atoms with Crippen LogP contribution in [0.1, 0.15) is 35.8 Å². The fourth-order valence-corrected chi connectivity index (χ4v) is 4.45. The number of terminal acetylenes is 1. The molecule has 0 saturated carbocycles. The Morgan fingerprint density at radius 3 is 2.74 bits per heavy atom. The molecule has 1 N–H and O–H groups in total. The molecule has 1 aliphatic heterocycles. The van der Waals surface area contributed by atoms with E-state index >= 15 is 0 Å². The third kappa shape index (κ3) is 4.33. The summed E-state index contributed by atoms with van der Waals surface area (Å²) in [5.41, 5.74) is 2.88. The van der Waals surface area contributed by atoms with Crippen LogP contribution in [0.15, 0.2) is 52.6 Å². The van der Waals surface area contributed by atoms with Crippen LogP contribution in [0.25, 0.3) is 5.69 Å². The molecule has 0 spiro atoms. The third-order valence-corrected chi connectivity index (χ3v) is 6.14. The lowest BCUT2D eigenvalue weighted by Crippen LogP contribution is -2.08. The molecule has 1 atom stereocenters. The molecule has 6 nitrogen and oxygen atoms in total. The lowest BCUT2D eigenvalue weighted by atomic mass is 10.00. The predicted octanol–water partition coefficient (Wildman–Crippen LogP) is 5.06. The van der Waals surface area contributed by atoms with Gasteiger partial charge < -0.3 is 5.11 Å². The predicted molar refractivity (Wildman–Crippen MR) is 123 cm³/mol. The monoisotopic (exact) mass is 470 g/mol. The van der Waals surface area contributed by atoms with Crippen molar-refractivity contribution in [3.05, 3.63) is 69.5 Å². The normalized spacial score (nSPS) is 14.7. The summed E-state index contributed by atoms with van der Waals surface area (Å²) in [5.74, 6) is 2.65. The first-order valence-electron chi connectivity index (χ1n) is 9.36. The van der Waals surface area contributed by atoms with Gasteiger partial charge >= 0.3 is 5.97 Å². The van der Waals surface area contributed by atoms with E-state index in [2.05, 4.69) is 16.1 Å². The molecular weight excluding hydrogens is 455 g/mol. The maximum absolute atomic E-state index is 11.3. The number of aliphatic imine (C=N–C) groups is 1. The highest BCUT2D eigenvalue weighted by Gasteiger charge is 2.30. The van der Waals surface area contributed by atoms with Crippen molar-refractivity contribution in [2.24, 2.45) is 4.99 Å². The van der Waals surface area contributed by atoms with Gasteiger partial charge in [0.15, 0.2) is 11.0 Å². The van der Waals surface area contributed by atoms with E-state index in [1.807, 2.05) is 34.9 Å². The van der Waals surface area contributed by atoms with Crippen molar-refractivity contribution in [2.75, 3.05) is 5.75 Å². The summed E-state index contributed by atoms with van der Waals surface area (Å²) in [7, 11) is 0. The molecule has 3 aromatic rings. The number of carboxylic acids is 1. The van der Waals surface area contributed by atoms with Crippen LogP contribution in [0.2, 0.25) is 10.0 Å². The van der Waals surface area contributed by atoms with Crippen molar-refractivity contribution in [3.8, 4) is 18.0 Å². The van der Waals surface area contributed by atoms with Crippen molar-refractivity contribution in [1.82, 2.24) is 14.8 Å². The lowest BCUT2D eigenvalue weighted by Gasteiger charge is -2.14. The molecule has 0 bridgehead atoms. The molecule has 1 aliphatic rings. The molecule has 4 rings (SSSR count). The Bertz CT molecular complexity index is 1230. The number of halogens is 2. The number of thioether (sulfide) groups is 1. The van der Waals surface area contributed by atoms with E-state index in [0.29, 0.717) is 32.5 Å². The van der Waals surface area contributed by atoms with E-state index in [0.717, 1.165) is 16.8 Å². The Hall–Kier alpha value is -2.79. The number of rotatable bonds is 6. The average Bonchev–Trinajstić information content (AvgIpc) is 3.11. The van der Waals surface area contributed by atoms with Gasteiger partial charge in [0.2, 0.25) is 0 Å². The largest absolute Gasteiger partial charge is 0.481 e. The maximum Gasteiger partial charge on any atom is 0.303 e. The Kier molecular flexibility index (Phi) is 6.33. The number of carboxylic acid groups (broad SMARTS) is 1. The standard InChI is InChI=1S/C22H16Cl2N4O2S/c1-2-11-31-22-27-26-21-17(8-10-19(29)30)25-20(14-5-3-4-6-16(14)24)15-12-13(23)7-9-18(15)28(21)22/h1,3-7,9,12,17H,8,10-11H2,(H,29,30)/t17-/m0/s1. The number of nitrogens with zero attached hydrogens (tertiary/aromatic N) is 4. The van der Waals surface area contributed by atoms with E-state index < -0.39 is 12.0 Å². The molecule has 156 valence electrons. The van der Waals surface area contributed by atoms with E-state index in [9.17, 15) is 9.90 Å². The molecule has 0 amide bonds. The van der Waals surface area contributed by atoms with Gasteiger partial charge in [0.25, 0.3) is 0 Å². The number of aromatic nitrogens is 3. The summed E-state index contributed by atoms with van der Waals surface area (Å²) in [6, 6.07) is 12.3. The highest BCUT2D eigenvalue weighted by Crippen LogP contribution is 2.37. The lowest BCUT2D eigenvalue weighted by molar-refractivity contribution is -0.137. The second-order valence-electron chi connectivity index (χ2n) is 6.74. The minimum absolute atomic E-state index is 0.0687. The van der Waals surface area contributed by atoms with Gasteiger partial charge in [-0.15, -0.1) is 16.6 Å². The first-order valence-corrected chi connectivity index (χ1v) is 11.1. The quantitative estimate of drug-likeness (QED) is 0.402. The Morgan fingerprint density at radius 2 is 2.00 bits per heavy atom. The fourth-order valence-electron chi connectivity index (χ4n) is 3.42. The van der Waals surface area contributed by atoms with Gasteiger partial charge in [0.1, 0.15) is 6.04 Å². The summed E-state index contributed by atoms with van der Waals surface area (Å²) in [5, 5.41) is 19.6. The highest BCUT2D eigenvalue weighted by molar-refractivity contribution is 7.99. The van der Waals surface area contributed by atoms with E-state index in [4.69, 9.17) is 34.6 Å². The zero-order chi connectivity index (χ0) is 22.0. The number of fused-ring (bicyclic) bond motifs is 3. The van der Waals surface area contributed by atoms with Crippen LogP contribution in [0.4, 0.5) is 0 Å². The van der Waals surface area contributed by atoms with E-state index in [-0.39, 0.29) is 12.8 Å². The van der Waals surface area contributed by atoms with Crippen LogP contribution in [0, 0.1) is 12.3 Å². The number of hydrogen-bond acceptors (Lipinski definition) is 5. The van der Waals surface area contributed by atoms with Gasteiger partial charge in [-0.3, -0.25) is 14.4 Å². The summed E-state index contributed by atoms with van der Waals surface area (Å²) in [6.45, 7) is 0. The third-order valence-electron chi connectivity index (χ3n) is 4.74. The smallest absolute Gasteiger partial charge is 0.303 e. The van der Waals surface area contributed by atoms with Crippen molar-refractivity contribution in [3.63, 3.8) is 0 Å². The van der Waals surface area contributed by atoms with Crippen LogP contribution in [0.5, 0.6) is 0 Å². The molecule has 2 aromatic carbocycles. The van der Waals surface area contributed by atoms with Crippen LogP contribution < -0.4 is 0 Å². The molecule has 9 heteroatoms. The van der Waals surface area contributed by atoms with Crippen molar-refractivity contribution >= 4 is 46.6 Å². The zero-order valence-corrected chi connectivity index (χ0v) is 18.5. The van der Waals surface area contributed by atoms with E-state index in [1.165, 1.54) is 11.8 Å². The minimum Gasteiger partial charge on any atom is -0.481 e. The SMILES string of the molecule is C#CCSc1nnc2n1-c1ccc(Cl)cc1C(c1ccccc1Cl)=N[C@H]2CCC(=O)O. The van der Waals surface area contributed by atoms with Crippen molar-refractivity contribution in [2.45, 2.75) is 24.0 Å². The summed E-state index contributed by atoms with van der Waals surface area (Å²) < 4.78 is 1.88. The van der Waals surface area contributed by atoms with Gasteiger partial charge in [0, 0.05) is 27.6 Å². The molecule has 1 aromatic heterocycles. The molecule has 0 radical (unpaired) electrons. The summed E-state index contributed by atoms with van der Waals surface area (Å²) >= 11 is 14.2. The molecule has 0 aliphatic carbocycles. The number of benzene rings is 2. The molecule has 0 saturated heterocycles. The van der Waals surface area contributed by atoms with Gasteiger partial charge in [-0.25, -0.2) is 0 Å². The average molecular weight is 471 g/mol. The van der Waals surface area contributed by atoms with Crippen LogP contribution in [0.3, 0.4) is 0 Å².